The molecule has 0 aliphatic rings. The summed E-state index contributed by atoms with van der Waals surface area (Å²) in [5, 5.41) is 11.7. The molecule has 0 fully saturated rings. The number of benzene rings is 1. The van der Waals surface area contributed by atoms with Gasteiger partial charge in [-0.25, -0.2) is 14.8 Å². The zero-order valence-electron chi connectivity index (χ0n) is 10.3. The minimum atomic E-state index is -1.10. The van der Waals surface area contributed by atoms with Crippen LogP contribution >= 0.6 is 0 Å². The second-order valence-electron chi connectivity index (χ2n) is 3.68. The molecule has 0 saturated carbocycles. The molecule has 2 rings (SSSR count). The molecule has 0 aliphatic carbocycles. The Kier molecular flexibility index (Phi) is 3.92. The molecule has 2 N–H and O–H groups in total. The number of ether oxygens (including phenoxy) is 1. The van der Waals surface area contributed by atoms with Crippen molar-refractivity contribution in [2.24, 2.45) is 0 Å². The van der Waals surface area contributed by atoms with Crippen molar-refractivity contribution in [1.29, 1.82) is 0 Å². The SMILES string of the molecule is CCOc1cccc(Nc2cnc(C(=O)O)cn2)c1. The monoisotopic (exact) mass is 259 g/mol. The van der Waals surface area contributed by atoms with Crippen LogP contribution in [0.25, 0.3) is 0 Å². The van der Waals surface area contributed by atoms with Gasteiger partial charge in [0.1, 0.15) is 11.6 Å². The first-order valence-electron chi connectivity index (χ1n) is 5.74. The van der Waals surface area contributed by atoms with E-state index in [0.717, 1.165) is 11.4 Å². The molecule has 0 aliphatic heterocycles. The second-order valence-corrected chi connectivity index (χ2v) is 3.68. The molecule has 0 saturated heterocycles. The number of nitrogens with zero attached hydrogens (tertiary/aromatic N) is 2. The van der Waals surface area contributed by atoms with Crippen LogP contribution in [0.2, 0.25) is 0 Å². The van der Waals surface area contributed by atoms with E-state index in [-0.39, 0.29) is 5.69 Å². The Morgan fingerprint density at radius 3 is 2.84 bits per heavy atom. The molecule has 6 nitrogen and oxygen atoms in total. The van der Waals surface area contributed by atoms with Gasteiger partial charge < -0.3 is 15.2 Å². The molecular formula is C13H13N3O3. The van der Waals surface area contributed by atoms with E-state index in [9.17, 15) is 4.79 Å². The number of hydrogen-bond donors (Lipinski definition) is 2. The molecule has 98 valence electrons. The van der Waals surface area contributed by atoms with Crippen molar-refractivity contribution in [1.82, 2.24) is 9.97 Å². The number of rotatable bonds is 5. The third kappa shape index (κ3) is 3.41. The maximum Gasteiger partial charge on any atom is 0.356 e. The average molecular weight is 259 g/mol. The highest BCUT2D eigenvalue weighted by molar-refractivity contribution is 5.85. The summed E-state index contributed by atoms with van der Waals surface area (Å²) in [4.78, 5) is 18.4. The van der Waals surface area contributed by atoms with Crippen LogP contribution in [0.5, 0.6) is 5.75 Å². The molecule has 1 aromatic heterocycles. The highest BCUT2D eigenvalue weighted by Crippen LogP contribution is 2.20. The minimum Gasteiger partial charge on any atom is -0.494 e. The molecule has 0 atom stereocenters. The van der Waals surface area contributed by atoms with Gasteiger partial charge in [0.2, 0.25) is 0 Å². The van der Waals surface area contributed by atoms with E-state index in [0.29, 0.717) is 12.4 Å². The predicted octanol–water partition coefficient (Wildman–Crippen LogP) is 2.32. The van der Waals surface area contributed by atoms with Crippen LogP contribution < -0.4 is 10.1 Å². The third-order valence-electron chi connectivity index (χ3n) is 2.29. The van der Waals surface area contributed by atoms with Gasteiger partial charge in [-0.15, -0.1) is 0 Å². The summed E-state index contributed by atoms with van der Waals surface area (Å²) < 4.78 is 5.38. The van der Waals surface area contributed by atoms with E-state index in [1.165, 1.54) is 12.4 Å². The third-order valence-corrected chi connectivity index (χ3v) is 2.29. The van der Waals surface area contributed by atoms with Gasteiger partial charge in [-0.2, -0.15) is 0 Å². The number of aromatic carboxylic acids is 1. The van der Waals surface area contributed by atoms with Gasteiger partial charge in [-0.3, -0.25) is 0 Å². The van der Waals surface area contributed by atoms with Gasteiger partial charge in [0.05, 0.1) is 19.0 Å². The lowest BCUT2D eigenvalue weighted by molar-refractivity contribution is 0.0690. The number of anilines is 2. The lowest BCUT2D eigenvalue weighted by atomic mass is 10.3. The summed E-state index contributed by atoms with van der Waals surface area (Å²) in [6.07, 6.45) is 2.58. The summed E-state index contributed by atoms with van der Waals surface area (Å²) >= 11 is 0. The predicted molar refractivity (Wildman–Crippen MR) is 69.9 cm³/mol. The molecule has 6 heteroatoms. The van der Waals surface area contributed by atoms with E-state index >= 15 is 0 Å². The van der Waals surface area contributed by atoms with E-state index < -0.39 is 5.97 Å². The Hall–Kier alpha value is -2.63. The smallest absolute Gasteiger partial charge is 0.356 e. The normalized spacial score (nSPS) is 9.95. The first kappa shape index (κ1) is 12.8. The first-order valence-corrected chi connectivity index (χ1v) is 5.74. The van der Waals surface area contributed by atoms with Crippen molar-refractivity contribution < 1.29 is 14.6 Å². The maximum atomic E-state index is 10.6. The van der Waals surface area contributed by atoms with Gasteiger partial charge >= 0.3 is 5.97 Å². The van der Waals surface area contributed by atoms with Gasteiger partial charge in [-0.1, -0.05) is 6.07 Å². The van der Waals surface area contributed by atoms with Crippen molar-refractivity contribution >= 4 is 17.5 Å². The van der Waals surface area contributed by atoms with Crippen LogP contribution in [-0.4, -0.2) is 27.7 Å². The zero-order valence-corrected chi connectivity index (χ0v) is 10.3. The summed E-state index contributed by atoms with van der Waals surface area (Å²) in [6.45, 7) is 2.51. The summed E-state index contributed by atoms with van der Waals surface area (Å²) in [5.74, 6) is 0.124. The van der Waals surface area contributed by atoms with Crippen molar-refractivity contribution in [2.75, 3.05) is 11.9 Å². The zero-order chi connectivity index (χ0) is 13.7. The molecule has 0 unspecified atom stereocenters. The molecule has 2 aromatic rings. The fraction of sp³-hybridized carbons (Fsp3) is 0.154. The second kappa shape index (κ2) is 5.81. The van der Waals surface area contributed by atoms with Gasteiger partial charge in [0.25, 0.3) is 0 Å². The van der Waals surface area contributed by atoms with Gasteiger partial charge in [0, 0.05) is 11.8 Å². The minimum absolute atomic E-state index is 0.0892. The Morgan fingerprint density at radius 1 is 1.37 bits per heavy atom. The summed E-state index contributed by atoms with van der Waals surface area (Å²) in [7, 11) is 0. The fourth-order valence-corrected chi connectivity index (χ4v) is 1.48. The largest absolute Gasteiger partial charge is 0.494 e. The van der Waals surface area contributed by atoms with Crippen LogP contribution in [0.4, 0.5) is 11.5 Å². The number of carbonyl (C=O) groups is 1. The highest BCUT2D eigenvalue weighted by atomic mass is 16.5. The number of hydrogen-bond acceptors (Lipinski definition) is 5. The first-order chi connectivity index (χ1) is 9.19. The molecule has 0 bridgehead atoms. The van der Waals surface area contributed by atoms with Gasteiger partial charge in [-0.05, 0) is 19.1 Å². The number of aromatic nitrogens is 2. The lowest BCUT2D eigenvalue weighted by Crippen LogP contribution is -2.02. The molecule has 0 radical (unpaired) electrons. The molecule has 19 heavy (non-hydrogen) atoms. The topological polar surface area (TPSA) is 84.3 Å². The van der Waals surface area contributed by atoms with Gasteiger partial charge in [0.15, 0.2) is 5.69 Å². The van der Waals surface area contributed by atoms with Crippen LogP contribution in [0.1, 0.15) is 17.4 Å². The number of carboxylic acid groups (broad SMARTS) is 1. The molecule has 0 spiro atoms. The van der Waals surface area contributed by atoms with Crippen molar-refractivity contribution in [3.05, 3.63) is 42.4 Å². The summed E-state index contributed by atoms with van der Waals surface area (Å²) in [5.41, 5.74) is 0.706. The Labute approximate surface area is 110 Å². The molecule has 1 aromatic carbocycles. The number of nitrogens with one attached hydrogen (secondary N) is 1. The van der Waals surface area contributed by atoms with E-state index in [4.69, 9.17) is 9.84 Å². The standard InChI is InChI=1S/C13H13N3O3/c1-2-19-10-5-3-4-9(6-10)16-12-8-14-11(7-15-12)13(17)18/h3-8H,2H2,1H3,(H,15,16)(H,17,18). The molecule has 0 amide bonds. The molecule has 1 heterocycles. The Morgan fingerprint density at radius 2 is 2.21 bits per heavy atom. The van der Waals surface area contributed by atoms with E-state index in [1.54, 1.807) is 0 Å². The van der Waals surface area contributed by atoms with Crippen LogP contribution in [-0.2, 0) is 0 Å². The summed E-state index contributed by atoms with van der Waals surface area (Å²) in [6, 6.07) is 7.39. The number of carboxylic acids is 1. The van der Waals surface area contributed by atoms with Crippen LogP contribution in [0, 0.1) is 0 Å². The maximum absolute atomic E-state index is 10.6. The fourth-order valence-electron chi connectivity index (χ4n) is 1.48. The van der Waals surface area contributed by atoms with E-state index in [1.807, 2.05) is 31.2 Å². The van der Waals surface area contributed by atoms with E-state index in [2.05, 4.69) is 15.3 Å². The Balaban J connectivity index is 2.12. The van der Waals surface area contributed by atoms with Crippen LogP contribution in [0.15, 0.2) is 36.7 Å². The Bertz CT molecular complexity index is 570. The molecular weight excluding hydrogens is 246 g/mol. The van der Waals surface area contributed by atoms with Crippen molar-refractivity contribution in [2.45, 2.75) is 6.92 Å². The van der Waals surface area contributed by atoms with Crippen LogP contribution in [0.3, 0.4) is 0 Å². The van der Waals surface area contributed by atoms with Crippen molar-refractivity contribution in [3.8, 4) is 5.75 Å². The highest BCUT2D eigenvalue weighted by Gasteiger charge is 2.05. The average Bonchev–Trinajstić information content (AvgIpc) is 2.40. The van der Waals surface area contributed by atoms with Crippen molar-refractivity contribution in [3.63, 3.8) is 0 Å². The lowest BCUT2D eigenvalue weighted by Gasteiger charge is -2.08. The quantitative estimate of drug-likeness (QED) is 0.857.